The van der Waals surface area contributed by atoms with E-state index in [1.807, 2.05) is 0 Å². The Morgan fingerprint density at radius 1 is 1.21 bits per heavy atom. The smallest absolute Gasteiger partial charge is 0.248 e. The highest BCUT2D eigenvalue weighted by atomic mass is 32.2. The SMILES string of the molecule is COc1cc(/C=C/C(=O)Nc2ccc(C)c(S(N)(=O)=O)c2)cc2c1OCCO2. The molecule has 0 aliphatic carbocycles. The molecule has 8 nitrogen and oxygen atoms in total. The molecule has 0 fully saturated rings. The summed E-state index contributed by atoms with van der Waals surface area (Å²) in [6, 6.07) is 7.96. The Morgan fingerprint density at radius 3 is 2.68 bits per heavy atom. The van der Waals surface area contributed by atoms with Crippen molar-refractivity contribution in [3.05, 3.63) is 47.5 Å². The van der Waals surface area contributed by atoms with Crippen molar-refractivity contribution < 1.29 is 27.4 Å². The normalized spacial score (nSPS) is 13.4. The number of rotatable bonds is 5. The van der Waals surface area contributed by atoms with Crippen LogP contribution >= 0.6 is 0 Å². The molecule has 3 rings (SSSR count). The van der Waals surface area contributed by atoms with Gasteiger partial charge in [0, 0.05) is 11.8 Å². The van der Waals surface area contributed by atoms with Crippen LogP contribution in [0.4, 0.5) is 5.69 Å². The summed E-state index contributed by atoms with van der Waals surface area (Å²) in [4.78, 5) is 12.2. The third-order valence-corrected chi connectivity index (χ3v) is 5.09. The predicted molar refractivity (Wildman–Crippen MR) is 104 cm³/mol. The van der Waals surface area contributed by atoms with E-state index in [4.69, 9.17) is 19.3 Å². The Labute approximate surface area is 163 Å². The van der Waals surface area contributed by atoms with Gasteiger partial charge in [0.05, 0.1) is 12.0 Å². The molecule has 0 radical (unpaired) electrons. The molecule has 1 aliphatic rings. The summed E-state index contributed by atoms with van der Waals surface area (Å²) in [7, 11) is -2.35. The zero-order valence-corrected chi connectivity index (χ0v) is 16.2. The molecule has 2 aromatic rings. The topological polar surface area (TPSA) is 117 Å². The quantitative estimate of drug-likeness (QED) is 0.737. The first kappa shape index (κ1) is 19.7. The lowest BCUT2D eigenvalue weighted by molar-refractivity contribution is -0.111. The maximum Gasteiger partial charge on any atom is 0.248 e. The molecule has 1 aliphatic heterocycles. The number of carbonyl (C=O) groups is 1. The minimum atomic E-state index is -3.87. The van der Waals surface area contributed by atoms with Gasteiger partial charge in [-0.15, -0.1) is 0 Å². The molecule has 9 heteroatoms. The minimum Gasteiger partial charge on any atom is -0.493 e. The maximum absolute atomic E-state index is 12.2. The van der Waals surface area contributed by atoms with E-state index in [2.05, 4.69) is 5.32 Å². The number of ether oxygens (including phenoxy) is 3. The number of carbonyl (C=O) groups excluding carboxylic acids is 1. The van der Waals surface area contributed by atoms with Crippen LogP contribution in [0.3, 0.4) is 0 Å². The lowest BCUT2D eigenvalue weighted by Crippen LogP contribution is -2.16. The summed E-state index contributed by atoms with van der Waals surface area (Å²) in [6.45, 7) is 2.50. The summed E-state index contributed by atoms with van der Waals surface area (Å²) in [6.07, 6.45) is 2.91. The lowest BCUT2D eigenvalue weighted by Gasteiger charge is -2.20. The molecule has 0 atom stereocenters. The molecule has 28 heavy (non-hydrogen) atoms. The van der Waals surface area contributed by atoms with Crippen LogP contribution in [-0.4, -0.2) is 34.6 Å². The van der Waals surface area contributed by atoms with Gasteiger partial charge in [-0.3, -0.25) is 4.79 Å². The fourth-order valence-corrected chi connectivity index (χ4v) is 3.54. The van der Waals surface area contributed by atoms with Crippen LogP contribution in [0.15, 0.2) is 41.3 Å². The van der Waals surface area contributed by atoms with Crippen molar-refractivity contribution >= 4 is 27.7 Å². The van der Waals surface area contributed by atoms with Gasteiger partial charge in [0.2, 0.25) is 21.7 Å². The van der Waals surface area contributed by atoms with Crippen LogP contribution in [0.25, 0.3) is 6.08 Å². The average molecular weight is 404 g/mol. The van der Waals surface area contributed by atoms with E-state index in [1.54, 1.807) is 37.3 Å². The molecule has 0 spiro atoms. The Balaban J connectivity index is 1.78. The highest BCUT2D eigenvalue weighted by molar-refractivity contribution is 7.89. The molecule has 0 saturated carbocycles. The van der Waals surface area contributed by atoms with Gasteiger partial charge < -0.3 is 19.5 Å². The van der Waals surface area contributed by atoms with E-state index in [9.17, 15) is 13.2 Å². The number of fused-ring (bicyclic) bond motifs is 1. The second-order valence-electron chi connectivity index (χ2n) is 6.10. The first-order valence-electron chi connectivity index (χ1n) is 8.38. The number of nitrogens with two attached hydrogens (primary N) is 1. The minimum absolute atomic E-state index is 0.0362. The molecular formula is C19H20N2O6S. The Kier molecular flexibility index (Phi) is 5.57. The number of amides is 1. The summed E-state index contributed by atoms with van der Waals surface area (Å²) < 4.78 is 39.6. The van der Waals surface area contributed by atoms with E-state index >= 15 is 0 Å². The van der Waals surface area contributed by atoms with Crippen molar-refractivity contribution in [3.8, 4) is 17.2 Å². The largest absolute Gasteiger partial charge is 0.493 e. The summed E-state index contributed by atoms with van der Waals surface area (Å²) in [5.41, 5.74) is 1.51. The average Bonchev–Trinajstić information content (AvgIpc) is 2.66. The number of anilines is 1. The molecule has 3 N–H and O–H groups in total. The van der Waals surface area contributed by atoms with Crippen molar-refractivity contribution in [2.45, 2.75) is 11.8 Å². The molecule has 2 aromatic carbocycles. The van der Waals surface area contributed by atoms with Gasteiger partial charge in [-0.1, -0.05) is 6.07 Å². The van der Waals surface area contributed by atoms with Gasteiger partial charge in [-0.2, -0.15) is 0 Å². The first-order valence-corrected chi connectivity index (χ1v) is 9.92. The third-order valence-electron chi connectivity index (χ3n) is 4.04. The van der Waals surface area contributed by atoms with Gasteiger partial charge in [-0.05, 0) is 48.4 Å². The number of hydrogen-bond donors (Lipinski definition) is 2. The fraction of sp³-hybridized carbons (Fsp3) is 0.211. The lowest BCUT2D eigenvalue weighted by atomic mass is 10.1. The first-order chi connectivity index (χ1) is 13.3. The summed E-state index contributed by atoms with van der Waals surface area (Å²) in [5.74, 6) is 1.15. The monoisotopic (exact) mass is 404 g/mol. The Morgan fingerprint density at radius 2 is 1.96 bits per heavy atom. The van der Waals surface area contributed by atoms with E-state index in [0.717, 1.165) is 0 Å². The highest BCUT2D eigenvalue weighted by Crippen LogP contribution is 2.40. The van der Waals surface area contributed by atoms with E-state index in [-0.39, 0.29) is 4.90 Å². The molecule has 0 bridgehead atoms. The second kappa shape index (κ2) is 7.91. The van der Waals surface area contributed by atoms with Gasteiger partial charge in [0.15, 0.2) is 11.5 Å². The van der Waals surface area contributed by atoms with Crippen LogP contribution in [0.2, 0.25) is 0 Å². The maximum atomic E-state index is 12.2. The van der Waals surface area contributed by atoms with Gasteiger partial charge in [0.25, 0.3) is 0 Å². The Hall–Kier alpha value is -3.04. The third kappa shape index (κ3) is 4.44. The van der Waals surface area contributed by atoms with Crippen molar-refractivity contribution in [3.63, 3.8) is 0 Å². The number of nitrogens with one attached hydrogen (secondary N) is 1. The van der Waals surface area contributed by atoms with E-state index < -0.39 is 15.9 Å². The van der Waals surface area contributed by atoms with Gasteiger partial charge in [-0.25, -0.2) is 13.6 Å². The van der Waals surface area contributed by atoms with E-state index in [1.165, 1.54) is 19.3 Å². The van der Waals surface area contributed by atoms with Gasteiger partial charge >= 0.3 is 0 Å². The highest BCUT2D eigenvalue weighted by Gasteiger charge is 2.18. The van der Waals surface area contributed by atoms with Crippen molar-refractivity contribution in [2.24, 2.45) is 5.14 Å². The van der Waals surface area contributed by atoms with Crippen LogP contribution in [0.5, 0.6) is 17.2 Å². The zero-order valence-electron chi connectivity index (χ0n) is 15.4. The van der Waals surface area contributed by atoms with Crippen LogP contribution in [-0.2, 0) is 14.8 Å². The summed E-state index contributed by atoms with van der Waals surface area (Å²) in [5, 5.41) is 7.80. The molecule has 0 saturated heterocycles. The number of benzene rings is 2. The van der Waals surface area contributed by atoms with Crippen LogP contribution in [0, 0.1) is 6.92 Å². The van der Waals surface area contributed by atoms with Crippen molar-refractivity contribution in [1.82, 2.24) is 0 Å². The van der Waals surface area contributed by atoms with Crippen molar-refractivity contribution in [2.75, 3.05) is 25.6 Å². The number of methoxy groups -OCH3 is 1. The van der Waals surface area contributed by atoms with E-state index in [0.29, 0.717) is 47.3 Å². The molecule has 0 aromatic heterocycles. The molecule has 0 unspecified atom stereocenters. The molecule has 1 amide bonds. The van der Waals surface area contributed by atoms with Crippen LogP contribution in [0.1, 0.15) is 11.1 Å². The molecular weight excluding hydrogens is 384 g/mol. The van der Waals surface area contributed by atoms with Gasteiger partial charge in [0.1, 0.15) is 13.2 Å². The predicted octanol–water partition coefficient (Wildman–Crippen LogP) is 2.07. The number of aryl methyl sites for hydroxylation is 1. The molecule has 148 valence electrons. The number of hydrogen-bond acceptors (Lipinski definition) is 6. The van der Waals surface area contributed by atoms with Crippen LogP contribution < -0.4 is 24.7 Å². The standard InChI is InChI=1S/C19H20N2O6S/c1-12-3-5-14(11-17(12)28(20,23)24)21-18(22)6-4-13-9-15(25-2)19-16(10-13)26-7-8-27-19/h3-6,9-11H,7-8H2,1-2H3,(H,21,22)(H2,20,23,24)/b6-4+. The Bertz CT molecular complexity index is 1030. The number of sulfonamides is 1. The molecule has 1 heterocycles. The second-order valence-corrected chi connectivity index (χ2v) is 7.63. The fourth-order valence-electron chi connectivity index (χ4n) is 2.73. The number of primary sulfonamides is 1. The summed E-state index contributed by atoms with van der Waals surface area (Å²) >= 11 is 0. The zero-order chi connectivity index (χ0) is 20.3. The van der Waals surface area contributed by atoms with Crippen molar-refractivity contribution in [1.29, 1.82) is 0 Å².